The fraction of sp³-hybridized carbons (Fsp3) is 0.625. The quantitative estimate of drug-likeness (QED) is 0.770. The molecule has 1 aliphatic heterocycles. The first-order valence-electron chi connectivity index (χ1n) is 7.07. The maximum Gasteiger partial charge on any atom is 0.0322 e. The van der Waals surface area contributed by atoms with Crippen molar-refractivity contribution in [2.45, 2.75) is 58.0 Å². The van der Waals surface area contributed by atoms with Gasteiger partial charge in [0.25, 0.3) is 0 Å². The highest BCUT2D eigenvalue weighted by molar-refractivity contribution is 5.32. The van der Waals surface area contributed by atoms with Crippen LogP contribution in [0, 0.1) is 19.8 Å². The molecule has 1 aliphatic carbocycles. The highest BCUT2D eigenvalue weighted by Gasteiger charge is 2.33. The predicted octanol–water partition coefficient (Wildman–Crippen LogP) is 3.90. The highest BCUT2D eigenvalue weighted by Crippen LogP contribution is 2.38. The third-order valence-electron chi connectivity index (χ3n) is 4.83. The lowest BCUT2D eigenvalue weighted by atomic mass is 9.86. The second kappa shape index (κ2) is 4.45. The molecule has 1 aromatic carbocycles. The maximum atomic E-state index is 3.88. The van der Waals surface area contributed by atoms with E-state index in [-0.39, 0.29) is 0 Å². The molecule has 92 valence electrons. The molecule has 1 heteroatoms. The van der Waals surface area contributed by atoms with Gasteiger partial charge in [0.05, 0.1) is 0 Å². The average Bonchev–Trinajstić information content (AvgIpc) is 2.79. The minimum absolute atomic E-state index is 0.605. The molecule has 3 atom stereocenters. The van der Waals surface area contributed by atoms with Crippen LogP contribution in [0.4, 0.5) is 0 Å². The second-order valence-corrected chi connectivity index (χ2v) is 5.94. The Hall–Kier alpha value is -0.820. The second-order valence-electron chi connectivity index (χ2n) is 5.94. The van der Waals surface area contributed by atoms with E-state index < -0.39 is 0 Å². The number of hydrogen-bond donors (Lipinski definition) is 1. The summed E-state index contributed by atoms with van der Waals surface area (Å²) in [5, 5.41) is 3.88. The lowest BCUT2D eigenvalue weighted by Crippen LogP contribution is -2.40. The van der Waals surface area contributed by atoms with Crippen LogP contribution >= 0.6 is 0 Å². The van der Waals surface area contributed by atoms with E-state index in [1.807, 2.05) is 0 Å². The Morgan fingerprint density at radius 2 is 1.88 bits per heavy atom. The normalized spacial score (nSPS) is 32.5. The number of fused-ring (bicyclic) bond motifs is 1. The molecule has 0 amide bonds. The zero-order chi connectivity index (χ0) is 11.8. The smallest absolute Gasteiger partial charge is 0.0322 e. The number of rotatable bonds is 1. The zero-order valence-corrected chi connectivity index (χ0v) is 11.0. The SMILES string of the molecule is Cc1ccc(C2CCC3CCCC3N2)cc1C. The van der Waals surface area contributed by atoms with Crippen LogP contribution in [0.25, 0.3) is 0 Å². The molecule has 17 heavy (non-hydrogen) atoms. The molecule has 3 unspecified atom stereocenters. The summed E-state index contributed by atoms with van der Waals surface area (Å²) in [4.78, 5) is 0. The largest absolute Gasteiger partial charge is 0.307 e. The molecule has 1 aromatic rings. The van der Waals surface area contributed by atoms with Crippen LogP contribution in [-0.4, -0.2) is 6.04 Å². The van der Waals surface area contributed by atoms with Gasteiger partial charge in [0.1, 0.15) is 0 Å². The summed E-state index contributed by atoms with van der Waals surface area (Å²) in [7, 11) is 0. The van der Waals surface area contributed by atoms with E-state index in [4.69, 9.17) is 0 Å². The van der Waals surface area contributed by atoms with Crippen molar-refractivity contribution < 1.29 is 0 Å². The first-order chi connectivity index (χ1) is 8.24. The predicted molar refractivity (Wildman–Crippen MR) is 72.2 cm³/mol. The molecule has 1 N–H and O–H groups in total. The summed E-state index contributed by atoms with van der Waals surface area (Å²) in [6.07, 6.45) is 7.03. The maximum absolute atomic E-state index is 3.88. The van der Waals surface area contributed by atoms with Crippen molar-refractivity contribution in [2.24, 2.45) is 5.92 Å². The van der Waals surface area contributed by atoms with E-state index in [1.165, 1.54) is 48.8 Å². The molecule has 3 rings (SSSR count). The van der Waals surface area contributed by atoms with Crippen LogP contribution in [0.3, 0.4) is 0 Å². The van der Waals surface area contributed by atoms with Crippen LogP contribution in [-0.2, 0) is 0 Å². The number of benzene rings is 1. The van der Waals surface area contributed by atoms with Crippen molar-refractivity contribution in [2.75, 3.05) is 0 Å². The molecule has 1 saturated heterocycles. The Kier molecular flexibility index (Phi) is 2.96. The minimum atomic E-state index is 0.605. The van der Waals surface area contributed by atoms with E-state index in [1.54, 1.807) is 0 Å². The molecule has 1 saturated carbocycles. The van der Waals surface area contributed by atoms with Crippen LogP contribution in [0.1, 0.15) is 54.8 Å². The lowest BCUT2D eigenvalue weighted by Gasteiger charge is -2.34. The summed E-state index contributed by atoms with van der Waals surface area (Å²) in [6.45, 7) is 4.42. The summed E-state index contributed by atoms with van der Waals surface area (Å²) >= 11 is 0. The molecular formula is C16H23N. The van der Waals surface area contributed by atoms with E-state index in [0.29, 0.717) is 6.04 Å². The molecule has 2 aliphatic rings. The Morgan fingerprint density at radius 3 is 2.71 bits per heavy atom. The van der Waals surface area contributed by atoms with Gasteiger partial charge >= 0.3 is 0 Å². The van der Waals surface area contributed by atoms with Crippen molar-refractivity contribution in [3.8, 4) is 0 Å². The number of hydrogen-bond acceptors (Lipinski definition) is 1. The van der Waals surface area contributed by atoms with Gasteiger partial charge in [-0.05, 0) is 62.1 Å². The number of aryl methyl sites for hydroxylation is 2. The summed E-state index contributed by atoms with van der Waals surface area (Å²) < 4.78 is 0. The average molecular weight is 229 g/mol. The van der Waals surface area contributed by atoms with E-state index >= 15 is 0 Å². The van der Waals surface area contributed by atoms with Crippen molar-refractivity contribution in [1.82, 2.24) is 5.32 Å². The van der Waals surface area contributed by atoms with Crippen LogP contribution in [0.15, 0.2) is 18.2 Å². The fourth-order valence-electron chi connectivity index (χ4n) is 3.57. The van der Waals surface area contributed by atoms with Crippen molar-refractivity contribution in [3.05, 3.63) is 34.9 Å². The molecule has 0 radical (unpaired) electrons. The zero-order valence-electron chi connectivity index (χ0n) is 11.0. The first-order valence-corrected chi connectivity index (χ1v) is 7.07. The van der Waals surface area contributed by atoms with E-state index in [2.05, 4.69) is 37.4 Å². The summed E-state index contributed by atoms with van der Waals surface area (Å²) in [6, 6.07) is 8.37. The van der Waals surface area contributed by atoms with Gasteiger partial charge in [-0.25, -0.2) is 0 Å². The standard InChI is InChI=1S/C16H23N/c1-11-6-7-14(10-12(11)2)16-9-8-13-4-3-5-15(13)17-16/h6-7,10,13,15-17H,3-5,8-9H2,1-2H3. The lowest BCUT2D eigenvalue weighted by molar-refractivity contribution is 0.261. The fourth-order valence-corrected chi connectivity index (χ4v) is 3.57. The van der Waals surface area contributed by atoms with Gasteiger partial charge in [-0.15, -0.1) is 0 Å². The Bertz CT molecular complexity index is 410. The van der Waals surface area contributed by atoms with Crippen molar-refractivity contribution in [3.63, 3.8) is 0 Å². The highest BCUT2D eigenvalue weighted by atomic mass is 15.0. The van der Waals surface area contributed by atoms with Gasteiger partial charge in [0.15, 0.2) is 0 Å². The van der Waals surface area contributed by atoms with Crippen LogP contribution in [0.5, 0.6) is 0 Å². The Balaban J connectivity index is 1.78. The third kappa shape index (κ3) is 2.13. The monoisotopic (exact) mass is 229 g/mol. The third-order valence-corrected chi connectivity index (χ3v) is 4.83. The molecule has 1 heterocycles. The van der Waals surface area contributed by atoms with E-state index in [9.17, 15) is 0 Å². The summed E-state index contributed by atoms with van der Waals surface area (Å²) in [5.41, 5.74) is 4.33. The van der Waals surface area contributed by atoms with Gasteiger partial charge < -0.3 is 5.32 Å². The molecular weight excluding hydrogens is 206 g/mol. The number of piperidine rings is 1. The Morgan fingerprint density at radius 1 is 1.00 bits per heavy atom. The molecule has 2 fully saturated rings. The van der Waals surface area contributed by atoms with Crippen molar-refractivity contribution >= 4 is 0 Å². The first kappa shape index (κ1) is 11.3. The molecule has 1 nitrogen and oxygen atoms in total. The van der Waals surface area contributed by atoms with Gasteiger partial charge in [0.2, 0.25) is 0 Å². The van der Waals surface area contributed by atoms with Gasteiger partial charge in [-0.2, -0.15) is 0 Å². The minimum Gasteiger partial charge on any atom is -0.307 e. The number of nitrogens with one attached hydrogen (secondary N) is 1. The van der Waals surface area contributed by atoms with Crippen LogP contribution in [0.2, 0.25) is 0 Å². The van der Waals surface area contributed by atoms with Crippen molar-refractivity contribution in [1.29, 1.82) is 0 Å². The van der Waals surface area contributed by atoms with E-state index in [0.717, 1.165) is 12.0 Å². The summed E-state index contributed by atoms with van der Waals surface area (Å²) in [5.74, 6) is 0.970. The Labute approximate surface area is 105 Å². The van der Waals surface area contributed by atoms with Gasteiger partial charge in [-0.3, -0.25) is 0 Å². The topological polar surface area (TPSA) is 12.0 Å². The van der Waals surface area contributed by atoms with Gasteiger partial charge in [0, 0.05) is 12.1 Å². The molecule has 0 spiro atoms. The van der Waals surface area contributed by atoms with Crippen LogP contribution < -0.4 is 5.32 Å². The molecule has 0 aromatic heterocycles. The molecule has 0 bridgehead atoms. The van der Waals surface area contributed by atoms with Gasteiger partial charge in [-0.1, -0.05) is 24.6 Å².